The first-order chi connectivity index (χ1) is 13.8. The number of nitrogens with zero attached hydrogens (tertiary/aromatic N) is 1. The van der Waals surface area contributed by atoms with Crippen LogP contribution in [0.25, 0.3) is 54.5 Å². The Balaban J connectivity index is 1.72. The highest BCUT2D eigenvalue weighted by molar-refractivity contribution is 6.19. The van der Waals surface area contributed by atoms with E-state index >= 15 is 0 Å². The highest BCUT2D eigenvalue weighted by Gasteiger charge is 2.12. The zero-order valence-corrected chi connectivity index (χ0v) is 15.7. The van der Waals surface area contributed by atoms with Crippen LogP contribution in [0.5, 0.6) is 0 Å². The second-order valence-electron chi connectivity index (χ2n) is 7.54. The molecular formula is C27H19N. The van der Waals surface area contributed by atoms with Gasteiger partial charge in [-0.3, -0.25) is 0 Å². The molecule has 1 nitrogen and oxygen atoms in total. The topological polar surface area (TPSA) is 4.93 Å². The van der Waals surface area contributed by atoms with Crippen molar-refractivity contribution in [2.45, 2.75) is 0 Å². The lowest BCUT2D eigenvalue weighted by molar-refractivity contribution is 0.982. The van der Waals surface area contributed by atoms with Crippen molar-refractivity contribution < 1.29 is 0 Å². The molecule has 0 saturated carbocycles. The first kappa shape index (κ1) is 15.5. The lowest BCUT2D eigenvalue weighted by Gasteiger charge is -2.10. The molecule has 1 heterocycles. The standard InChI is InChI=1S/C27H19N/c1-28-26(18-7-3-2-4-8-18)17-22-12-13-23-24(27(22)28)14-11-21-15-19-9-5-6-10-20(19)16-25(21)23/h2-17H,1H3. The van der Waals surface area contributed by atoms with Crippen LogP contribution in [0.15, 0.2) is 97.1 Å². The van der Waals surface area contributed by atoms with E-state index < -0.39 is 0 Å². The summed E-state index contributed by atoms with van der Waals surface area (Å²) in [7, 11) is 2.18. The predicted molar refractivity (Wildman–Crippen MR) is 121 cm³/mol. The molecule has 1 heteroatoms. The largest absolute Gasteiger partial charge is 0.343 e. The molecule has 0 bridgehead atoms. The van der Waals surface area contributed by atoms with Crippen molar-refractivity contribution in [2.24, 2.45) is 7.05 Å². The molecule has 0 aliphatic heterocycles. The van der Waals surface area contributed by atoms with Crippen molar-refractivity contribution in [3.8, 4) is 11.3 Å². The lowest BCUT2D eigenvalue weighted by atomic mass is 9.97. The van der Waals surface area contributed by atoms with Crippen molar-refractivity contribution in [3.05, 3.63) is 97.1 Å². The van der Waals surface area contributed by atoms with Gasteiger partial charge in [0, 0.05) is 23.5 Å². The molecule has 28 heavy (non-hydrogen) atoms. The van der Waals surface area contributed by atoms with Crippen molar-refractivity contribution >= 4 is 43.2 Å². The highest BCUT2D eigenvalue weighted by Crippen LogP contribution is 2.36. The molecule has 6 aromatic rings. The molecular weight excluding hydrogens is 338 g/mol. The Bertz CT molecular complexity index is 1500. The Kier molecular flexibility index (Phi) is 3.15. The Morgan fingerprint density at radius 2 is 1.18 bits per heavy atom. The van der Waals surface area contributed by atoms with E-state index in [4.69, 9.17) is 0 Å². The van der Waals surface area contributed by atoms with Crippen molar-refractivity contribution in [3.63, 3.8) is 0 Å². The van der Waals surface area contributed by atoms with Gasteiger partial charge in [-0.1, -0.05) is 78.9 Å². The zero-order valence-electron chi connectivity index (χ0n) is 15.7. The molecule has 0 atom stereocenters. The third-order valence-corrected chi connectivity index (χ3v) is 5.94. The molecule has 0 aliphatic rings. The fraction of sp³-hybridized carbons (Fsp3) is 0.0370. The summed E-state index contributed by atoms with van der Waals surface area (Å²) in [6, 6.07) is 35.2. The first-order valence-corrected chi connectivity index (χ1v) is 9.69. The number of aromatic nitrogens is 1. The fourth-order valence-corrected chi connectivity index (χ4v) is 4.57. The maximum atomic E-state index is 2.33. The van der Waals surface area contributed by atoms with Gasteiger partial charge < -0.3 is 4.57 Å². The molecule has 1 aromatic heterocycles. The number of fused-ring (bicyclic) bond motifs is 6. The molecule has 0 spiro atoms. The zero-order chi connectivity index (χ0) is 18.7. The molecule has 132 valence electrons. The number of hydrogen-bond donors (Lipinski definition) is 0. The minimum atomic E-state index is 1.25. The second kappa shape index (κ2) is 5.71. The van der Waals surface area contributed by atoms with Gasteiger partial charge in [0.05, 0.1) is 5.52 Å². The van der Waals surface area contributed by atoms with Crippen LogP contribution in [-0.2, 0) is 7.05 Å². The van der Waals surface area contributed by atoms with Crippen molar-refractivity contribution in [2.75, 3.05) is 0 Å². The summed E-state index contributed by atoms with van der Waals surface area (Å²) in [5.41, 5.74) is 3.80. The van der Waals surface area contributed by atoms with Crippen LogP contribution in [-0.4, -0.2) is 4.57 Å². The third kappa shape index (κ3) is 2.13. The Morgan fingerprint density at radius 3 is 2.00 bits per heavy atom. The smallest absolute Gasteiger partial charge is 0.0562 e. The summed E-state index contributed by atoms with van der Waals surface area (Å²) < 4.78 is 2.33. The van der Waals surface area contributed by atoms with Gasteiger partial charge in [-0.25, -0.2) is 0 Å². The van der Waals surface area contributed by atoms with Gasteiger partial charge in [0.25, 0.3) is 0 Å². The monoisotopic (exact) mass is 357 g/mol. The summed E-state index contributed by atoms with van der Waals surface area (Å²) in [6.07, 6.45) is 0. The SMILES string of the molecule is Cn1c(-c2ccccc2)cc2ccc3c4cc5ccccc5cc4ccc3c21. The van der Waals surface area contributed by atoms with Crippen LogP contribution in [0.3, 0.4) is 0 Å². The minimum Gasteiger partial charge on any atom is -0.343 e. The molecule has 0 aliphatic carbocycles. The van der Waals surface area contributed by atoms with E-state index in [1.54, 1.807) is 0 Å². The van der Waals surface area contributed by atoms with Crippen LogP contribution in [0, 0.1) is 0 Å². The molecule has 6 rings (SSSR count). The molecule has 0 radical (unpaired) electrons. The van der Waals surface area contributed by atoms with E-state index in [-0.39, 0.29) is 0 Å². The van der Waals surface area contributed by atoms with Gasteiger partial charge in [-0.15, -0.1) is 0 Å². The summed E-state index contributed by atoms with van der Waals surface area (Å²) in [4.78, 5) is 0. The van der Waals surface area contributed by atoms with E-state index in [1.807, 2.05) is 0 Å². The van der Waals surface area contributed by atoms with Gasteiger partial charge >= 0.3 is 0 Å². The molecule has 5 aromatic carbocycles. The van der Waals surface area contributed by atoms with Crippen molar-refractivity contribution in [1.29, 1.82) is 0 Å². The van der Waals surface area contributed by atoms with E-state index in [1.165, 1.54) is 54.5 Å². The quantitative estimate of drug-likeness (QED) is 0.215. The lowest BCUT2D eigenvalue weighted by Crippen LogP contribution is -1.92. The normalized spacial score (nSPS) is 11.8. The van der Waals surface area contributed by atoms with Crippen LogP contribution in [0.1, 0.15) is 0 Å². The average Bonchev–Trinajstić information content (AvgIpc) is 3.09. The summed E-state index contributed by atoms with van der Waals surface area (Å²) in [6.45, 7) is 0. The Hall–Kier alpha value is -3.58. The van der Waals surface area contributed by atoms with Gasteiger partial charge in [0.1, 0.15) is 0 Å². The van der Waals surface area contributed by atoms with Crippen LogP contribution in [0.4, 0.5) is 0 Å². The first-order valence-electron chi connectivity index (χ1n) is 9.69. The molecule has 0 fully saturated rings. The maximum Gasteiger partial charge on any atom is 0.0562 e. The summed E-state index contributed by atoms with van der Waals surface area (Å²) in [5, 5.41) is 9.11. The Morgan fingerprint density at radius 1 is 0.500 bits per heavy atom. The van der Waals surface area contributed by atoms with Crippen LogP contribution >= 0.6 is 0 Å². The highest BCUT2D eigenvalue weighted by atomic mass is 14.9. The average molecular weight is 357 g/mol. The van der Waals surface area contributed by atoms with E-state index in [2.05, 4.69) is 109 Å². The van der Waals surface area contributed by atoms with Crippen molar-refractivity contribution in [1.82, 2.24) is 4.57 Å². The third-order valence-electron chi connectivity index (χ3n) is 5.94. The van der Waals surface area contributed by atoms with E-state index in [0.717, 1.165) is 0 Å². The van der Waals surface area contributed by atoms with Gasteiger partial charge in [-0.2, -0.15) is 0 Å². The minimum absolute atomic E-state index is 1.25. The molecule has 0 saturated heterocycles. The van der Waals surface area contributed by atoms with Crippen LogP contribution < -0.4 is 0 Å². The van der Waals surface area contributed by atoms with E-state index in [0.29, 0.717) is 0 Å². The van der Waals surface area contributed by atoms with E-state index in [9.17, 15) is 0 Å². The number of aryl methyl sites for hydroxylation is 1. The Labute approximate surface area is 163 Å². The van der Waals surface area contributed by atoms with Gasteiger partial charge in [-0.05, 0) is 50.7 Å². The summed E-state index contributed by atoms with van der Waals surface area (Å²) in [5.74, 6) is 0. The number of benzene rings is 5. The predicted octanol–water partition coefficient (Wildman–Crippen LogP) is 7.30. The van der Waals surface area contributed by atoms with Crippen LogP contribution in [0.2, 0.25) is 0 Å². The molecule has 0 N–H and O–H groups in total. The number of rotatable bonds is 1. The summed E-state index contributed by atoms with van der Waals surface area (Å²) >= 11 is 0. The maximum absolute atomic E-state index is 2.33. The molecule has 0 unspecified atom stereocenters. The van der Waals surface area contributed by atoms with Gasteiger partial charge in [0.2, 0.25) is 0 Å². The number of hydrogen-bond acceptors (Lipinski definition) is 0. The van der Waals surface area contributed by atoms with Gasteiger partial charge in [0.15, 0.2) is 0 Å². The molecule has 0 amide bonds. The fourth-order valence-electron chi connectivity index (χ4n) is 4.57. The second-order valence-corrected chi connectivity index (χ2v) is 7.54.